The van der Waals surface area contributed by atoms with E-state index >= 15 is 0 Å². The monoisotopic (exact) mass is 608 g/mol. The highest BCUT2D eigenvalue weighted by Gasteiger charge is 2.36. The highest BCUT2D eigenvalue weighted by atomic mass is 16.5. The number of ether oxygens (including phenoxy) is 1. The van der Waals surface area contributed by atoms with Crippen LogP contribution >= 0.6 is 0 Å². The fourth-order valence-corrected chi connectivity index (χ4v) is 7.55. The first-order chi connectivity index (χ1) is 22.1. The van der Waals surface area contributed by atoms with E-state index in [1.807, 2.05) is 12.3 Å². The van der Waals surface area contributed by atoms with E-state index < -0.39 is 0 Å². The maximum atomic E-state index is 6.57. The van der Waals surface area contributed by atoms with Gasteiger partial charge in [0, 0.05) is 46.3 Å². The molecular formula is C41H44N4O. The fraction of sp³-hybridized carbons (Fsp3) is 0.317. The van der Waals surface area contributed by atoms with Gasteiger partial charge in [-0.2, -0.15) is 5.10 Å². The third-order valence-electron chi connectivity index (χ3n) is 9.81. The molecule has 3 heterocycles. The Kier molecular flexibility index (Phi) is 7.59. The molecular weight excluding hydrogens is 564 g/mol. The summed E-state index contributed by atoms with van der Waals surface area (Å²) < 4.78 is 10.9. The molecule has 0 aliphatic heterocycles. The van der Waals surface area contributed by atoms with Crippen LogP contribution in [-0.4, -0.2) is 19.3 Å². The standard InChI is InChI=1S/C41H44N4O/c1-8-29-21-22-42-38(23-29)44-36-18-10-9-16-33(36)34-20-19-32(25-37(34)44)46-31-15-12-14-30(24-31)45-28(4)40(27(3)43-45)39-26(2)13-11-17-35(39)41(5,6)7/h9-10,12,14-26,39H,8,11,13H2,1-7H3/t26-,39?/m0/s1. The molecule has 1 unspecified atom stereocenters. The van der Waals surface area contributed by atoms with Crippen molar-refractivity contribution in [3.8, 4) is 23.0 Å². The van der Waals surface area contributed by atoms with Crippen molar-refractivity contribution >= 4 is 21.8 Å². The van der Waals surface area contributed by atoms with Gasteiger partial charge < -0.3 is 4.74 Å². The van der Waals surface area contributed by atoms with Crippen molar-refractivity contribution in [3.63, 3.8) is 0 Å². The van der Waals surface area contributed by atoms with E-state index in [1.54, 1.807) is 5.57 Å². The molecule has 234 valence electrons. The number of nitrogens with zero attached hydrogens (tertiary/aromatic N) is 4. The van der Waals surface area contributed by atoms with Crippen LogP contribution in [0.5, 0.6) is 11.5 Å². The summed E-state index contributed by atoms with van der Waals surface area (Å²) >= 11 is 0. The average molecular weight is 609 g/mol. The van der Waals surface area contributed by atoms with Gasteiger partial charge in [0.1, 0.15) is 17.3 Å². The minimum atomic E-state index is 0.121. The highest BCUT2D eigenvalue weighted by molar-refractivity contribution is 6.09. The van der Waals surface area contributed by atoms with Crippen LogP contribution < -0.4 is 4.74 Å². The topological polar surface area (TPSA) is 44.9 Å². The summed E-state index contributed by atoms with van der Waals surface area (Å²) in [4.78, 5) is 4.77. The first kappa shape index (κ1) is 30.0. The zero-order chi connectivity index (χ0) is 32.2. The molecule has 7 rings (SSSR count). The molecule has 0 bridgehead atoms. The number of allylic oxidation sites excluding steroid dienone is 2. The molecule has 6 aromatic rings. The molecule has 0 radical (unpaired) electrons. The molecule has 3 aromatic carbocycles. The quantitative estimate of drug-likeness (QED) is 0.177. The van der Waals surface area contributed by atoms with E-state index in [2.05, 4.69) is 137 Å². The van der Waals surface area contributed by atoms with Gasteiger partial charge in [0.05, 0.1) is 22.4 Å². The first-order valence-electron chi connectivity index (χ1n) is 16.7. The molecule has 5 heteroatoms. The minimum Gasteiger partial charge on any atom is -0.457 e. The lowest BCUT2D eigenvalue weighted by molar-refractivity contribution is 0.365. The lowest BCUT2D eigenvalue weighted by atomic mass is 9.66. The number of para-hydroxylation sites is 1. The average Bonchev–Trinajstić information content (AvgIpc) is 3.53. The summed E-state index contributed by atoms with van der Waals surface area (Å²) in [7, 11) is 0. The Labute approximate surface area is 272 Å². The lowest BCUT2D eigenvalue weighted by Gasteiger charge is -2.38. The summed E-state index contributed by atoms with van der Waals surface area (Å²) in [5.74, 6) is 3.44. The largest absolute Gasteiger partial charge is 0.457 e. The zero-order valence-corrected chi connectivity index (χ0v) is 28.1. The van der Waals surface area contributed by atoms with E-state index in [0.717, 1.165) is 52.6 Å². The third kappa shape index (κ3) is 5.22. The van der Waals surface area contributed by atoms with Crippen LogP contribution in [-0.2, 0) is 6.42 Å². The second-order valence-corrected chi connectivity index (χ2v) is 13.9. The molecule has 1 aliphatic carbocycles. The molecule has 2 atom stereocenters. The van der Waals surface area contributed by atoms with Gasteiger partial charge in [-0.1, -0.05) is 70.5 Å². The number of aromatic nitrogens is 4. The highest BCUT2D eigenvalue weighted by Crippen LogP contribution is 2.48. The molecule has 0 spiro atoms. The van der Waals surface area contributed by atoms with Crippen LogP contribution in [0.3, 0.4) is 0 Å². The van der Waals surface area contributed by atoms with Crippen molar-refractivity contribution in [3.05, 3.63) is 119 Å². The number of aryl methyl sites for hydroxylation is 2. The third-order valence-corrected chi connectivity index (χ3v) is 9.81. The summed E-state index contributed by atoms with van der Waals surface area (Å²) in [5, 5.41) is 7.48. The molecule has 1 aliphatic rings. The van der Waals surface area contributed by atoms with E-state index in [4.69, 9.17) is 14.8 Å². The second kappa shape index (κ2) is 11.6. The summed E-state index contributed by atoms with van der Waals surface area (Å²) in [6, 6.07) is 27.4. The van der Waals surface area contributed by atoms with Gasteiger partial charge in [-0.3, -0.25) is 4.57 Å². The lowest BCUT2D eigenvalue weighted by Crippen LogP contribution is -2.25. The second-order valence-electron chi connectivity index (χ2n) is 13.9. The molecule has 0 fully saturated rings. The SMILES string of the molecule is CCc1ccnc(-n2c3ccccc3c3ccc(Oc4cccc(-n5nc(C)c(C6C(C(C)(C)C)=CCC[C@@H]6C)c5C)c4)cc32)c1. The summed E-state index contributed by atoms with van der Waals surface area (Å²) in [6.45, 7) is 16.0. The Morgan fingerprint density at radius 1 is 0.870 bits per heavy atom. The van der Waals surface area contributed by atoms with E-state index in [-0.39, 0.29) is 5.41 Å². The molecule has 5 nitrogen and oxygen atoms in total. The van der Waals surface area contributed by atoms with Gasteiger partial charge in [0.15, 0.2) is 0 Å². The van der Waals surface area contributed by atoms with Crippen LogP contribution in [0.1, 0.15) is 75.9 Å². The molecule has 0 N–H and O–H groups in total. The van der Waals surface area contributed by atoms with Crippen molar-refractivity contribution in [1.82, 2.24) is 19.3 Å². The number of pyridine rings is 1. The van der Waals surface area contributed by atoms with Crippen LogP contribution in [0.15, 0.2) is 96.7 Å². The van der Waals surface area contributed by atoms with Crippen molar-refractivity contribution in [2.75, 3.05) is 0 Å². The van der Waals surface area contributed by atoms with Gasteiger partial charge in [-0.05, 0) is 92.5 Å². The Morgan fingerprint density at radius 3 is 2.46 bits per heavy atom. The van der Waals surface area contributed by atoms with Crippen LogP contribution in [0.2, 0.25) is 0 Å². The van der Waals surface area contributed by atoms with Gasteiger partial charge in [-0.25, -0.2) is 9.67 Å². The zero-order valence-electron chi connectivity index (χ0n) is 28.1. The van der Waals surface area contributed by atoms with E-state index in [9.17, 15) is 0 Å². The van der Waals surface area contributed by atoms with Gasteiger partial charge >= 0.3 is 0 Å². The fourth-order valence-electron chi connectivity index (χ4n) is 7.55. The predicted octanol–water partition coefficient (Wildman–Crippen LogP) is 10.8. The van der Waals surface area contributed by atoms with Crippen LogP contribution in [0, 0.1) is 25.2 Å². The minimum absolute atomic E-state index is 0.121. The number of benzene rings is 3. The van der Waals surface area contributed by atoms with Crippen LogP contribution in [0.4, 0.5) is 0 Å². The van der Waals surface area contributed by atoms with Crippen molar-refractivity contribution < 1.29 is 4.74 Å². The van der Waals surface area contributed by atoms with Gasteiger partial charge in [0.25, 0.3) is 0 Å². The molecule has 3 aromatic heterocycles. The van der Waals surface area contributed by atoms with Crippen molar-refractivity contribution in [1.29, 1.82) is 0 Å². The molecule has 0 saturated heterocycles. The van der Waals surface area contributed by atoms with Crippen molar-refractivity contribution in [2.24, 2.45) is 11.3 Å². The number of hydrogen-bond acceptors (Lipinski definition) is 3. The Hall–Kier alpha value is -4.64. The maximum absolute atomic E-state index is 6.57. The summed E-state index contributed by atoms with van der Waals surface area (Å²) in [5.41, 5.74) is 9.82. The number of rotatable bonds is 6. The molecule has 0 amide bonds. The van der Waals surface area contributed by atoms with Crippen LogP contribution in [0.25, 0.3) is 33.3 Å². The maximum Gasteiger partial charge on any atom is 0.137 e. The van der Waals surface area contributed by atoms with E-state index in [0.29, 0.717) is 11.8 Å². The van der Waals surface area contributed by atoms with Gasteiger partial charge in [-0.15, -0.1) is 0 Å². The first-order valence-corrected chi connectivity index (χ1v) is 16.7. The van der Waals surface area contributed by atoms with Crippen molar-refractivity contribution in [2.45, 2.75) is 73.6 Å². The van der Waals surface area contributed by atoms with Gasteiger partial charge in [0.2, 0.25) is 0 Å². The number of hydrogen-bond donors (Lipinski definition) is 0. The van der Waals surface area contributed by atoms with E-state index in [1.165, 1.54) is 34.0 Å². The predicted molar refractivity (Wildman–Crippen MR) is 190 cm³/mol. The molecule has 0 saturated carbocycles. The normalized spacial score (nSPS) is 17.1. The smallest absolute Gasteiger partial charge is 0.137 e. The molecule has 46 heavy (non-hydrogen) atoms. The Morgan fingerprint density at radius 2 is 1.65 bits per heavy atom. The number of fused-ring (bicyclic) bond motifs is 3. The Balaban J connectivity index is 1.26. The summed E-state index contributed by atoms with van der Waals surface area (Å²) in [6.07, 6.45) is 7.72. The Bertz CT molecular complexity index is 2100.